The Morgan fingerprint density at radius 3 is 2.89 bits per heavy atom. The predicted molar refractivity (Wildman–Crippen MR) is 102 cm³/mol. The van der Waals surface area contributed by atoms with E-state index in [0.29, 0.717) is 29.0 Å². The normalized spacial score (nSPS) is 10.9. The van der Waals surface area contributed by atoms with Crippen LogP contribution in [-0.4, -0.2) is 32.8 Å². The second kappa shape index (κ2) is 7.39. The number of amides is 1. The van der Waals surface area contributed by atoms with Gasteiger partial charge in [0.2, 0.25) is 11.9 Å². The Balaban J connectivity index is 1.54. The summed E-state index contributed by atoms with van der Waals surface area (Å²) in [5.41, 5.74) is 7.72. The monoisotopic (exact) mass is 378 g/mol. The average Bonchev–Trinajstić information content (AvgIpc) is 3.37. The van der Waals surface area contributed by atoms with Gasteiger partial charge in [-0.3, -0.25) is 4.79 Å². The highest BCUT2D eigenvalue weighted by Crippen LogP contribution is 2.26. The van der Waals surface area contributed by atoms with Crippen molar-refractivity contribution in [3.05, 3.63) is 54.4 Å². The minimum atomic E-state index is -0.215. The van der Waals surface area contributed by atoms with Crippen molar-refractivity contribution in [3.8, 4) is 17.2 Å². The van der Waals surface area contributed by atoms with Crippen LogP contribution in [0.3, 0.4) is 0 Å². The van der Waals surface area contributed by atoms with Gasteiger partial charge in [0, 0.05) is 12.1 Å². The van der Waals surface area contributed by atoms with E-state index in [0.717, 1.165) is 11.3 Å². The van der Waals surface area contributed by atoms with Gasteiger partial charge in [0.05, 0.1) is 25.0 Å². The lowest BCUT2D eigenvalue weighted by Gasteiger charge is -2.10. The fourth-order valence-electron chi connectivity index (χ4n) is 2.92. The van der Waals surface area contributed by atoms with Crippen molar-refractivity contribution >= 4 is 22.9 Å². The largest absolute Gasteiger partial charge is 0.496 e. The number of rotatable bonds is 6. The summed E-state index contributed by atoms with van der Waals surface area (Å²) in [7, 11) is 1.59. The Hall–Kier alpha value is -3.88. The van der Waals surface area contributed by atoms with E-state index < -0.39 is 0 Å². The third kappa shape index (κ3) is 3.37. The van der Waals surface area contributed by atoms with Crippen LogP contribution in [-0.2, 0) is 17.9 Å². The molecule has 1 aromatic carbocycles. The summed E-state index contributed by atoms with van der Waals surface area (Å²) < 4.78 is 12.2. The van der Waals surface area contributed by atoms with Crippen molar-refractivity contribution in [1.29, 1.82) is 0 Å². The molecule has 9 heteroatoms. The quantitative estimate of drug-likeness (QED) is 0.526. The molecule has 0 aliphatic carbocycles. The smallest absolute Gasteiger partial charge is 0.242 e. The van der Waals surface area contributed by atoms with Crippen molar-refractivity contribution in [2.45, 2.75) is 13.1 Å². The third-order valence-corrected chi connectivity index (χ3v) is 4.23. The molecule has 4 aromatic rings. The maximum atomic E-state index is 12.4. The van der Waals surface area contributed by atoms with Crippen LogP contribution in [0.5, 0.6) is 5.75 Å². The SMILES string of the molecule is COc1ccccc1CNC(=O)Cn1ncc2c(-c3ccco3)nc(N)nc21. The van der Waals surface area contributed by atoms with Crippen LogP contribution in [0, 0.1) is 0 Å². The minimum Gasteiger partial charge on any atom is -0.496 e. The predicted octanol–water partition coefficient (Wildman–Crippen LogP) is 1.99. The molecule has 142 valence electrons. The van der Waals surface area contributed by atoms with Crippen molar-refractivity contribution in [2.75, 3.05) is 12.8 Å². The lowest BCUT2D eigenvalue weighted by molar-refractivity contribution is -0.121. The molecule has 0 atom stereocenters. The van der Waals surface area contributed by atoms with Gasteiger partial charge in [0.15, 0.2) is 11.4 Å². The lowest BCUT2D eigenvalue weighted by Crippen LogP contribution is -2.27. The number of nitrogen functional groups attached to an aromatic ring is 1. The van der Waals surface area contributed by atoms with Gasteiger partial charge in [-0.1, -0.05) is 18.2 Å². The molecule has 3 heterocycles. The van der Waals surface area contributed by atoms with E-state index in [9.17, 15) is 4.79 Å². The van der Waals surface area contributed by atoms with Gasteiger partial charge in [-0.05, 0) is 18.2 Å². The van der Waals surface area contributed by atoms with Crippen LogP contribution in [0.4, 0.5) is 5.95 Å². The summed E-state index contributed by atoms with van der Waals surface area (Å²) >= 11 is 0. The summed E-state index contributed by atoms with van der Waals surface area (Å²) in [6, 6.07) is 11.0. The molecule has 0 fully saturated rings. The van der Waals surface area contributed by atoms with Crippen molar-refractivity contribution in [2.24, 2.45) is 0 Å². The van der Waals surface area contributed by atoms with Crippen LogP contribution in [0.2, 0.25) is 0 Å². The molecule has 0 radical (unpaired) electrons. The number of nitrogens with one attached hydrogen (secondary N) is 1. The summed E-state index contributed by atoms with van der Waals surface area (Å²) in [6.45, 7) is 0.337. The second-order valence-electron chi connectivity index (χ2n) is 6.04. The van der Waals surface area contributed by atoms with Crippen LogP contribution in [0.25, 0.3) is 22.5 Å². The Kier molecular flexibility index (Phi) is 4.63. The first-order valence-electron chi connectivity index (χ1n) is 8.57. The third-order valence-electron chi connectivity index (χ3n) is 4.23. The maximum absolute atomic E-state index is 12.4. The van der Waals surface area contributed by atoms with E-state index >= 15 is 0 Å². The van der Waals surface area contributed by atoms with Crippen LogP contribution in [0.1, 0.15) is 5.56 Å². The lowest BCUT2D eigenvalue weighted by atomic mass is 10.2. The number of anilines is 1. The Morgan fingerprint density at radius 2 is 2.11 bits per heavy atom. The van der Waals surface area contributed by atoms with Gasteiger partial charge < -0.3 is 20.2 Å². The zero-order valence-electron chi connectivity index (χ0n) is 15.1. The Labute approximate surface area is 160 Å². The first-order valence-corrected chi connectivity index (χ1v) is 8.57. The van der Waals surface area contributed by atoms with Crippen molar-refractivity contribution in [1.82, 2.24) is 25.1 Å². The van der Waals surface area contributed by atoms with Gasteiger partial charge in [0.1, 0.15) is 18.0 Å². The molecule has 0 aliphatic heterocycles. The van der Waals surface area contributed by atoms with Crippen LogP contribution < -0.4 is 15.8 Å². The fraction of sp³-hybridized carbons (Fsp3) is 0.158. The molecule has 9 nitrogen and oxygen atoms in total. The number of fused-ring (bicyclic) bond motifs is 1. The van der Waals surface area contributed by atoms with E-state index in [2.05, 4.69) is 20.4 Å². The highest BCUT2D eigenvalue weighted by atomic mass is 16.5. The number of hydrogen-bond acceptors (Lipinski definition) is 7. The number of ether oxygens (including phenoxy) is 1. The molecule has 4 rings (SSSR count). The summed E-state index contributed by atoms with van der Waals surface area (Å²) in [5.74, 6) is 1.14. The first kappa shape index (κ1) is 17.5. The van der Waals surface area contributed by atoms with Crippen LogP contribution in [0.15, 0.2) is 53.3 Å². The molecular formula is C19H18N6O3. The number of methoxy groups -OCH3 is 1. The van der Waals surface area contributed by atoms with E-state index in [4.69, 9.17) is 14.9 Å². The minimum absolute atomic E-state index is 0.00724. The molecule has 3 aromatic heterocycles. The molecule has 0 aliphatic rings. The number of nitrogens with zero attached hydrogens (tertiary/aromatic N) is 4. The summed E-state index contributed by atoms with van der Waals surface area (Å²) in [6.07, 6.45) is 3.15. The Bertz CT molecular complexity index is 1120. The van der Waals surface area contributed by atoms with E-state index in [-0.39, 0.29) is 18.4 Å². The number of carbonyl (C=O) groups excluding carboxylic acids is 1. The van der Waals surface area contributed by atoms with Gasteiger partial charge in [-0.2, -0.15) is 10.1 Å². The maximum Gasteiger partial charge on any atom is 0.242 e. The topological polar surface area (TPSA) is 121 Å². The molecule has 1 amide bonds. The number of para-hydroxylation sites is 1. The van der Waals surface area contributed by atoms with Crippen molar-refractivity contribution in [3.63, 3.8) is 0 Å². The zero-order chi connectivity index (χ0) is 19.5. The molecule has 0 unspecified atom stereocenters. The van der Waals surface area contributed by atoms with Gasteiger partial charge in [0.25, 0.3) is 0 Å². The van der Waals surface area contributed by atoms with Gasteiger partial charge in [-0.25, -0.2) is 9.67 Å². The van der Waals surface area contributed by atoms with E-state index in [1.165, 1.54) is 4.68 Å². The number of aromatic nitrogens is 4. The molecule has 0 spiro atoms. The number of nitrogens with two attached hydrogens (primary N) is 1. The fourth-order valence-corrected chi connectivity index (χ4v) is 2.92. The van der Waals surface area contributed by atoms with E-state index in [1.807, 2.05) is 24.3 Å². The molecule has 0 bridgehead atoms. The molecule has 0 saturated carbocycles. The van der Waals surface area contributed by atoms with Gasteiger partial charge >= 0.3 is 0 Å². The van der Waals surface area contributed by atoms with Crippen molar-refractivity contribution < 1.29 is 13.9 Å². The molecule has 3 N–H and O–H groups in total. The van der Waals surface area contributed by atoms with Crippen LogP contribution >= 0.6 is 0 Å². The zero-order valence-corrected chi connectivity index (χ0v) is 15.1. The highest BCUT2D eigenvalue weighted by Gasteiger charge is 2.16. The molecule has 0 saturated heterocycles. The molecular weight excluding hydrogens is 360 g/mol. The number of benzene rings is 1. The standard InChI is InChI=1S/C19H18N6O3/c1-27-14-6-3-2-5-12(14)9-21-16(26)11-25-18-13(10-22-25)17(23-19(20)24-18)15-7-4-8-28-15/h2-8,10H,9,11H2,1H3,(H,21,26)(H2,20,23,24). The number of furan rings is 1. The van der Waals surface area contributed by atoms with Gasteiger partial charge in [-0.15, -0.1) is 0 Å². The number of carbonyl (C=O) groups is 1. The highest BCUT2D eigenvalue weighted by molar-refractivity contribution is 5.90. The summed E-state index contributed by atoms with van der Waals surface area (Å²) in [4.78, 5) is 20.9. The average molecular weight is 378 g/mol. The summed E-state index contributed by atoms with van der Waals surface area (Å²) in [5, 5.41) is 7.78. The molecule has 28 heavy (non-hydrogen) atoms. The van der Waals surface area contributed by atoms with E-state index in [1.54, 1.807) is 31.7 Å². The Morgan fingerprint density at radius 1 is 1.25 bits per heavy atom. The second-order valence-corrected chi connectivity index (χ2v) is 6.04. The first-order chi connectivity index (χ1) is 13.7. The number of hydrogen-bond donors (Lipinski definition) is 2.